The first-order valence-corrected chi connectivity index (χ1v) is 10.1. The number of hydrogen-bond acceptors (Lipinski definition) is 2. The van der Waals surface area contributed by atoms with E-state index < -0.39 is 10.8 Å². The molecule has 2 aliphatic rings. The average molecular weight is 386 g/mol. The normalized spacial score (nSPS) is 16.1. The van der Waals surface area contributed by atoms with Crippen molar-refractivity contribution in [1.29, 1.82) is 0 Å². The minimum atomic E-state index is -1.13. The van der Waals surface area contributed by atoms with Crippen LogP contribution in [-0.4, -0.2) is 12.6 Å². The van der Waals surface area contributed by atoms with E-state index in [-0.39, 0.29) is 0 Å². The van der Waals surface area contributed by atoms with Crippen LogP contribution >= 0.6 is 0 Å². The van der Waals surface area contributed by atoms with E-state index >= 15 is 0 Å². The monoisotopic (exact) mass is 386 g/mol. The molecule has 0 bridgehead atoms. The molecule has 0 heterocycles. The molecule has 0 atom stereocenters. The molecule has 2 aliphatic carbocycles. The highest BCUT2D eigenvalue weighted by Gasteiger charge is 2.63. The van der Waals surface area contributed by atoms with Crippen LogP contribution in [0.15, 0.2) is 97.1 Å². The Bertz CT molecular complexity index is 1150. The van der Waals surface area contributed by atoms with Crippen LogP contribution < -0.4 is 0 Å². The molecule has 0 fully saturated rings. The highest BCUT2D eigenvalue weighted by molar-refractivity contribution is 6.05. The maximum Gasteiger partial charge on any atom is 0.136 e. The molecule has 0 amide bonds. The molecule has 0 radical (unpaired) electrons. The van der Waals surface area contributed by atoms with E-state index in [2.05, 4.69) is 0 Å². The van der Waals surface area contributed by atoms with Crippen LogP contribution in [0.4, 0.5) is 0 Å². The van der Waals surface area contributed by atoms with Gasteiger partial charge >= 0.3 is 0 Å². The Hall–Kier alpha value is -3.78. The van der Waals surface area contributed by atoms with Crippen LogP contribution in [-0.2, 0) is 20.4 Å². The standard InChI is InChI=1S/C28H18O2/c29-17-27(23-13-5-1-9-19(23)20-10-2-6-14-24(20)27)28(18-30)25-15-7-3-11-21(25)22-12-4-8-16-26(22)28/h1-18H. The van der Waals surface area contributed by atoms with E-state index in [4.69, 9.17) is 0 Å². The lowest BCUT2D eigenvalue weighted by Crippen LogP contribution is -2.51. The number of carbonyl (C=O) groups excluding carboxylic acids is 2. The Morgan fingerprint density at radius 2 is 0.633 bits per heavy atom. The van der Waals surface area contributed by atoms with Gasteiger partial charge < -0.3 is 9.59 Å². The number of rotatable bonds is 3. The zero-order valence-corrected chi connectivity index (χ0v) is 16.2. The third-order valence-corrected chi connectivity index (χ3v) is 6.96. The summed E-state index contributed by atoms with van der Waals surface area (Å²) in [5, 5.41) is 0. The van der Waals surface area contributed by atoms with E-state index in [1.54, 1.807) is 0 Å². The maximum atomic E-state index is 13.3. The van der Waals surface area contributed by atoms with E-state index in [1.807, 2.05) is 97.1 Å². The predicted octanol–water partition coefficient (Wildman–Crippen LogP) is 5.32. The topological polar surface area (TPSA) is 34.1 Å². The molecule has 0 aromatic heterocycles. The van der Waals surface area contributed by atoms with Gasteiger partial charge in [-0.1, -0.05) is 97.1 Å². The highest BCUT2D eigenvalue weighted by atomic mass is 16.1. The Balaban J connectivity index is 1.85. The van der Waals surface area contributed by atoms with Crippen LogP contribution in [0, 0.1) is 0 Å². The van der Waals surface area contributed by atoms with Crippen molar-refractivity contribution in [2.24, 2.45) is 0 Å². The number of benzene rings is 4. The van der Waals surface area contributed by atoms with Gasteiger partial charge in [-0.2, -0.15) is 0 Å². The molecule has 0 spiro atoms. The van der Waals surface area contributed by atoms with Crippen molar-refractivity contribution in [2.45, 2.75) is 10.8 Å². The lowest BCUT2D eigenvalue weighted by atomic mass is 9.55. The second-order valence-electron chi connectivity index (χ2n) is 8.03. The summed E-state index contributed by atoms with van der Waals surface area (Å²) in [4.78, 5) is 26.5. The molecule has 2 nitrogen and oxygen atoms in total. The summed E-state index contributed by atoms with van der Waals surface area (Å²) in [5.74, 6) is 0. The molecule has 6 rings (SSSR count). The average Bonchev–Trinajstić information content (AvgIpc) is 3.28. The van der Waals surface area contributed by atoms with Crippen molar-refractivity contribution in [3.05, 3.63) is 119 Å². The van der Waals surface area contributed by atoms with Crippen LogP contribution in [0.2, 0.25) is 0 Å². The Morgan fingerprint density at radius 3 is 0.867 bits per heavy atom. The summed E-state index contributed by atoms with van der Waals surface area (Å²) < 4.78 is 0. The SMILES string of the molecule is O=CC1(C2(C=O)c3ccccc3-c3ccccc32)c2ccccc2-c2ccccc21. The Kier molecular flexibility index (Phi) is 3.35. The third kappa shape index (κ3) is 1.72. The first-order chi connectivity index (χ1) is 14.8. The van der Waals surface area contributed by atoms with E-state index in [1.165, 1.54) is 0 Å². The van der Waals surface area contributed by atoms with Crippen molar-refractivity contribution in [3.63, 3.8) is 0 Å². The van der Waals surface area contributed by atoms with Crippen LogP contribution in [0.25, 0.3) is 22.3 Å². The zero-order chi connectivity index (χ0) is 20.3. The summed E-state index contributed by atoms with van der Waals surface area (Å²) in [6.07, 6.45) is 2.01. The van der Waals surface area contributed by atoms with Crippen molar-refractivity contribution in [3.8, 4) is 22.3 Å². The van der Waals surface area contributed by atoms with Gasteiger partial charge in [0.25, 0.3) is 0 Å². The van der Waals surface area contributed by atoms with Gasteiger partial charge in [0.15, 0.2) is 0 Å². The summed E-state index contributed by atoms with van der Waals surface area (Å²) in [6, 6.07) is 31.9. The molecule has 4 aromatic carbocycles. The van der Waals surface area contributed by atoms with Gasteiger partial charge in [0.1, 0.15) is 12.6 Å². The molecule has 142 valence electrons. The van der Waals surface area contributed by atoms with Crippen molar-refractivity contribution >= 4 is 12.6 Å². The molecule has 0 saturated heterocycles. The molecule has 0 unspecified atom stereocenters. The summed E-state index contributed by atoms with van der Waals surface area (Å²) >= 11 is 0. The van der Waals surface area contributed by atoms with Gasteiger partial charge in [0.2, 0.25) is 0 Å². The van der Waals surface area contributed by atoms with Gasteiger partial charge in [-0.25, -0.2) is 0 Å². The van der Waals surface area contributed by atoms with Crippen molar-refractivity contribution in [2.75, 3.05) is 0 Å². The molecule has 0 aliphatic heterocycles. The van der Waals surface area contributed by atoms with Crippen molar-refractivity contribution in [1.82, 2.24) is 0 Å². The lowest BCUT2D eigenvalue weighted by molar-refractivity contribution is -0.119. The van der Waals surface area contributed by atoms with Crippen molar-refractivity contribution < 1.29 is 9.59 Å². The number of hydrogen-bond donors (Lipinski definition) is 0. The molecule has 2 heteroatoms. The second kappa shape index (κ2) is 5.87. The van der Waals surface area contributed by atoms with Gasteiger partial charge in [-0.3, -0.25) is 0 Å². The van der Waals surface area contributed by atoms with Gasteiger partial charge in [0.05, 0.1) is 10.8 Å². The van der Waals surface area contributed by atoms with Gasteiger partial charge in [-0.15, -0.1) is 0 Å². The molecule has 0 N–H and O–H groups in total. The second-order valence-corrected chi connectivity index (χ2v) is 8.03. The fourth-order valence-electron chi connectivity index (χ4n) is 5.83. The number of carbonyl (C=O) groups is 2. The van der Waals surface area contributed by atoms with Crippen LogP contribution in [0.1, 0.15) is 22.3 Å². The van der Waals surface area contributed by atoms with Crippen LogP contribution in [0.5, 0.6) is 0 Å². The van der Waals surface area contributed by atoms with E-state index in [0.29, 0.717) is 0 Å². The van der Waals surface area contributed by atoms with Crippen LogP contribution in [0.3, 0.4) is 0 Å². The number of aldehydes is 2. The Morgan fingerprint density at radius 1 is 0.400 bits per heavy atom. The Labute approximate surface area is 174 Å². The molecular weight excluding hydrogens is 368 g/mol. The van der Waals surface area contributed by atoms with Gasteiger partial charge in [0, 0.05) is 0 Å². The largest absolute Gasteiger partial charge is 0.302 e. The minimum Gasteiger partial charge on any atom is -0.302 e. The maximum absolute atomic E-state index is 13.3. The zero-order valence-electron chi connectivity index (χ0n) is 16.2. The summed E-state index contributed by atoms with van der Waals surface area (Å²) in [5.41, 5.74) is 5.35. The first kappa shape index (κ1) is 17.1. The number of fused-ring (bicyclic) bond motifs is 6. The molecular formula is C28H18O2. The molecule has 4 aromatic rings. The highest BCUT2D eigenvalue weighted by Crippen LogP contribution is 2.63. The fourth-order valence-corrected chi connectivity index (χ4v) is 5.83. The van der Waals surface area contributed by atoms with E-state index in [9.17, 15) is 9.59 Å². The quantitative estimate of drug-likeness (QED) is 0.447. The predicted molar refractivity (Wildman–Crippen MR) is 117 cm³/mol. The van der Waals surface area contributed by atoms with Gasteiger partial charge in [-0.05, 0) is 44.5 Å². The summed E-state index contributed by atoms with van der Waals surface area (Å²) in [6.45, 7) is 0. The minimum absolute atomic E-state index is 0.889. The third-order valence-electron chi connectivity index (χ3n) is 6.96. The van der Waals surface area contributed by atoms with E-state index in [0.717, 1.165) is 57.1 Å². The molecule has 30 heavy (non-hydrogen) atoms. The molecule has 0 saturated carbocycles. The fraction of sp³-hybridized carbons (Fsp3) is 0.0714. The smallest absolute Gasteiger partial charge is 0.136 e. The lowest BCUT2D eigenvalue weighted by Gasteiger charge is -2.42. The summed E-state index contributed by atoms with van der Waals surface area (Å²) in [7, 11) is 0. The first-order valence-electron chi connectivity index (χ1n) is 10.1.